The first-order valence-electron chi connectivity index (χ1n) is 9.88. The molecule has 1 aliphatic rings. The summed E-state index contributed by atoms with van der Waals surface area (Å²) < 4.78 is 46.2. The highest BCUT2D eigenvalue weighted by Gasteiger charge is 2.63. The molecule has 0 fully saturated rings. The van der Waals surface area contributed by atoms with Gasteiger partial charge in [0.15, 0.2) is 6.61 Å². The molecular formula is C21H29F3N2O3. The Morgan fingerprint density at radius 2 is 1.83 bits per heavy atom. The Balaban J connectivity index is 2.14. The van der Waals surface area contributed by atoms with Gasteiger partial charge in [-0.3, -0.25) is 4.79 Å². The van der Waals surface area contributed by atoms with Gasteiger partial charge in [0.25, 0.3) is 11.6 Å². The molecule has 5 nitrogen and oxygen atoms in total. The number of aryl methyl sites for hydroxylation is 3. The number of hydrogen-bond acceptors (Lipinski definition) is 4. The number of carbonyl (C=O) groups is 1. The number of aliphatic hydroxyl groups is 1. The normalized spacial score (nSPS) is 19.4. The lowest BCUT2D eigenvalue weighted by molar-refractivity contribution is -0.302. The highest BCUT2D eigenvalue weighted by atomic mass is 19.4. The third-order valence-corrected chi connectivity index (χ3v) is 5.00. The molecule has 2 rings (SSSR count). The van der Waals surface area contributed by atoms with Crippen LogP contribution in [0.15, 0.2) is 17.2 Å². The smallest absolute Gasteiger partial charge is 0.438 e. The van der Waals surface area contributed by atoms with E-state index in [1.54, 1.807) is 13.8 Å². The molecule has 1 aromatic rings. The van der Waals surface area contributed by atoms with Gasteiger partial charge in [0.2, 0.25) is 0 Å². The topological polar surface area (TPSA) is 62.1 Å². The van der Waals surface area contributed by atoms with Crippen LogP contribution in [0.2, 0.25) is 0 Å². The fourth-order valence-electron chi connectivity index (χ4n) is 3.59. The number of carbonyl (C=O) groups excluding carboxylic acids is 1. The number of hydrogen-bond donors (Lipinski definition) is 1. The van der Waals surface area contributed by atoms with E-state index in [-0.39, 0.29) is 10.7 Å². The number of rotatable bonds is 8. The Hall–Kier alpha value is -2.09. The van der Waals surface area contributed by atoms with E-state index >= 15 is 0 Å². The van der Waals surface area contributed by atoms with E-state index in [1.165, 1.54) is 0 Å². The van der Waals surface area contributed by atoms with Crippen molar-refractivity contribution in [2.45, 2.75) is 78.1 Å². The van der Waals surface area contributed by atoms with Crippen molar-refractivity contribution in [3.05, 3.63) is 28.8 Å². The van der Waals surface area contributed by atoms with Gasteiger partial charge in [-0.2, -0.15) is 23.3 Å². The molecule has 0 saturated heterocycles. The number of halogens is 3. The largest absolute Gasteiger partial charge is 0.483 e. The van der Waals surface area contributed by atoms with Crippen molar-refractivity contribution in [1.82, 2.24) is 5.01 Å². The molecule has 8 heteroatoms. The molecule has 1 aliphatic heterocycles. The van der Waals surface area contributed by atoms with Crippen LogP contribution in [-0.2, 0) is 4.79 Å². The maximum atomic E-state index is 13.5. The van der Waals surface area contributed by atoms with Gasteiger partial charge >= 0.3 is 6.18 Å². The molecule has 0 bridgehead atoms. The van der Waals surface area contributed by atoms with Crippen LogP contribution < -0.4 is 4.74 Å². The molecule has 1 aromatic carbocycles. The Bertz CT molecular complexity index is 754. The maximum Gasteiger partial charge on any atom is 0.438 e. The first kappa shape index (κ1) is 23.2. The minimum Gasteiger partial charge on any atom is -0.483 e. The van der Waals surface area contributed by atoms with Crippen molar-refractivity contribution < 1.29 is 27.8 Å². The van der Waals surface area contributed by atoms with Gasteiger partial charge in [-0.15, -0.1) is 0 Å². The summed E-state index contributed by atoms with van der Waals surface area (Å²) in [4.78, 5) is 12.5. The highest BCUT2D eigenvalue weighted by molar-refractivity contribution is 5.91. The Morgan fingerprint density at radius 3 is 2.38 bits per heavy atom. The van der Waals surface area contributed by atoms with Crippen molar-refractivity contribution >= 4 is 11.6 Å². The first-order chi connectivity index (χ1) is 13.5. The minimum atomic E-state index is -5.02. The van der Waals surface area contributed by atoms with Gasteiger partial charge in [-0.25, -0.2) is 0 Å². The maximum absolute atomic E-state index is 13.5. The number of ether oxygens (including phenoxy) is 1. The van der Waals surface area contributed by atoms with Crippen molar-refractivity contribution in [3.8, 4) is 5.75 Å². The van der Waals surface area contributed by atoms with Crippen LogP contribution in [0, 0.1) is 20.8 Å². The lowest BCUT2D eigenvalue weighted by Gasteiger charge is -2.32. The molecule has 1 N–H and O–H groups in total. The second-order valence-corrected chi connectivity index (χ2v) is 7.69. The monoisotopic (exact) mass is 414 g/mol. The number of unbranched alkanes of at least 4 members (excludes halogenated alkanes) is 3. The van der Waals surface area contributed by atoms with Crippen molar-refractivity contribution in [1.29, 1.82) is 0 Å². The second kappa shape index (κ2) is 9.15. The third kappa shape index (κ3) is 5.29. The van der Waals surface area contributed by atoms with E-state index < -0.39 is 30.8 Å². The summed E-state index contributed by atoms with van der Waals surface area (Å²) in [6, 6.07) is 3.72. The molecule has 0 radical (unpaired) electrons. The van der Waals surface area contributed by atoms with Gasteiger partial charge in [0, 0.05) is 12.1 Å². The molecule has 1 amide bonds. The zero-order valence-electron chi connectivity index (χ0n) is 17.4. The van der Waals surface area contributed by atoms with E-state index in [4.69, 9.17) is 4.74 Å². The average Bonchev–Trinajstić information content (AvgIpc) is 2.95. The number of nitrogens with zero attached hydrogens (tertiary/aromatic N) is 2. The fourth-order valence-corrected chi connectivity index (χ4v) is 3.59. The molecule has 1 atom stereocenters. The molecule has 1 unspecified atom stereocenters. The SMILES string of the molecule is CCCCCCC1=NN(C(=O)COc2c(C)cc(C)cc2C)C(O)(C(F)(F)F)C1. The van der Waals surface area contributed by atoms with Crippen LogP contribution in [0.25, 0.3) is 0 Å². The van der Waals surface area contributed by atoms with Crippen molar-refractivity contribution in [3.63, 3.8) is 0 Å². The Labute approximate surface area is 169 Å². The predicted octanol–water partition coefficient (Wildman–Crippen LogP) is 4.80. The number of amides is 1. The summed E-state index contributed by atoms with van der Waals surface area (Å²) in [5.41, 5.74) is -0.574. The van der Waals surface area contributed by atoms with Crippen LogP contribution in [0.1, 0.15) is 62.1 Å². The fraction of sp³-hybridized carbons (Fsp3) is 0.619. The second-order valence-electron chi connectivity index (χ2n) is 7.69. The van der Waals surface area contributed by atoms with Gasteiger partial charge in [-0.05, 0) is 44.7 Å². The van der Waals surface area contributed by atoms with Crippen LogP contribution in [0.5, 0.6) is 5.75 Å². The molecule has 29 heavy (non-hydrogen) atoms. The lowest BCUT2D eigenvalue weighted by atomic mass is 10.0. The molecule has 0 aromatic heterocycles. The van der Waals surface area contributed by atoms with Gasteiger partial charge in [0.05, 0.1) is 0 Å². The van der Waals surface area contributed by atoms with Crippen LogP contribution in [0.3, 0.4) is 0 Å². The van der Waals surface area contributed by atoms with E-state index in [2.05, 4.69) is 5.10 Å². The minimum absolute atomic E-state index is 0.154. The summed E-state index contributed by atoms with van der Waals surface area (Å²) in [5, 5.41) is 14.3. The molecule has 0 saturated carbocycles. The lowest BCUT2D eigenvalue weighted by Crippen LogP contribution is -2.57. The van der Waals surface area contributed by atoms with Crippen molar-refractivity contribution in [2.75, 3.05) is 6.61 Å². The zero-order chi connectivity index (χ0) is 21.8. The highest BCUT2D eigenvalue weighted by Crippen LogP contribution is 2.41. The Morgan fingerprint density at radius 1 is 1.21 bits per heavy atom. The van der Waals surface area contributed by atoms with E-state index in [0.717, 1.165) is 36.0 Å². The average molecular weight is 414 g/mol. The molecule has 0 spiro atoms. The van der Waals surface area contributed by atoms with Crippen LogP contribution in [0.4, 0.5) is 13.2 Å². The zero-order valence-corrected chi connectivity index (χ0v) is 17.4. The molecule has 162 valence electrons. The summed E-state index contributed by atoms with van der Waals surface area (Å²) in [6.45, 7) is 6.91. The molecule has 1 heterocycles. The van der Waals surface area contributed by atoms with Crippen LogP contribution in [-0.4, -0.2) is 40.2 Å². The summed E-state index contributed by atoms with van der Waals surface area (Å²) in [6.07, 6.45) is -1.92. The predicted molar refractivity (Wildman–Crippen MR) is 105 cm³/mol. The Kier molecular flexibility index (Phi) is 7.32. The van der Waals surface area contributed by atoms with Gasteiger partial charge < -0.3 is 9.84 Å². The quantitative estimate of drug-likeness (QED) is 0.622. The van der Waals surface area contributed by atoms with E-state index in [9.17, 15) is 23.1 Å². The van der Waals surface area contributed by atoms with Crippen molar-refractivity contribution in [2.24, 2.45) is 5.10 Å². The molecule has 0 aliphatic carbocycles. The number of benzene rings is 1. The van der Waals surface area contributed by atoms with Gasteiger partial charge in [0.1, 0.15) is 5.75 Å². The van der Waals surface area contributed by atoms with E-state index in [0.29, 0.717) is 18.6 Å². The van der Waals surface area contributed by atoms with Gasteiger partial charge in [-0.1, -0.05) is 43.9 Å². The van der Waals surface area contributed by atoms with E-state index in [1.807, 2.05) is 26.0 Å². The van der Waals surface area contributed by atoms with Crippen LogP contribution >= 0.6 is 0 Å². The summed E-state index contributed by atoms with van der Waals surface area (Å²) in [5.74, 6) is -0.588. The first-order valence-corrected chi connectivity index (χ1v) is 9.88. The standard InChI is InChI=1S/C21H29F3N2O3/c1-5-6-7-8-9-17-12-20(28,21(22,23)24)26(25-17)18(27)13-29-19-15(3)10-14(2)11-16(19)4/h10-11,28H,5-9,12-13H2,1-4H3. The molecular weight excluding hydrogens is 385 g/mol. The number of alkyl halides is 3. The summed E-state index contributed by atoms with van der Waals surface area (Å²) >= 11 is 0. The summed E-state index contributed by atoms with van der Waals surface area (Å²) in [7, 11) is 0. The third-order valence-electron chi connectivity index (χ3n) is 5.00. The number of hydrazone groups is 1.